The van der Waals surface area contributed by atoms with E-state index in [2.05, 4.69) is 186 Å². The fourth-order valence-corrected chi connectivity index (χ4v) is 12.5. The molecule has 280 valence electrons. The van der Waals surface area contributed by atoms with Gasteiger partial charge in [-0.1, -0.05) is 133 Å². The zero-order chi connectivity index (χ0) is 39.1. The summed E-state index contributed by atoms with van der Waals surface area (Å²) in [6, 6.07) is 63.7. The van der Waals surface area contributed by atoms with E-state index in [0.29, 0.717) is 0 Å². The molecule has 1 aliphatic rings. The summed E-state index contributed by atoms with van der Waals surface area (Å²) in [5, 5.41) is 18.5. The lowest BCUT2D eigenvalue weighted by Gasteiger charge is -2.22. The first-order valence-electron chi connectivity index (χ1n) is 20.3. The number of hydrogen-bond acceptors (Lipinski definition) is 5. The predicted octanol–water partition coefficient (Wildman–Crippen LogP) is 13.7. The number of benzene rings is 9. The molecule has 6 heteroatoms. The molecule has 5 heterocycles. The summed E-state index contributed by atoms with van der Waals surface area (Å²) in [7, 11) is 0. The van der Waals surface area contributed by atoms with Crippen molar-refractivity contribution >= 4 is 124 Å². The molecule has 1 unspecified atom stereocenters. The summed E-state index contributed by atoms with van der Waals surface area (Å²) in [6.45, 7) is 0. The third-order valence-electron chi connectivity index (χ3n) is 12.6. The van der Waals surface area contributed by atoms with Crippen LogP contribution >= 0.6 is 22.7 Å². The molecule has 0 saturated carbocycles. The minimum Gasteiger partial charge on any atom is -0.456 e. The summed E-state index contributed by atoms with van der Waals surface area (Å²) < 4.78 is 14.4. The molecule has 0 amide bonds. The van der Waals surface area contributed by atoms with Crippen LogP contribution in [0.2, 0.25) is 0 Å². The molecule has 14 rings (SSSR count). The first-order chi connectivity index (χ1) is 29.8. The SMILES string of the molecule is c1ccc(C2=c3sc4ccccc4c3=NC(c3cccc4oc5cc(-n6c7ccc8ccccc8c7c7c8ccccc8c8c9ccccc9sc8c76)ccc5c34)N2)cc1. The smallest absolute Gasteiger partial charge is 0.146 e. The molecule has 0 fully saturated rings. The van der Waals surface area contributed by atoms with E-state index in [1.54, 1.807) is 11.3 Å². The number of hydrogen-bond donors (Lipinski definition) is 1. The molecule has 0 radical (unpaired) electrons. The van der Waals surface area contributed by atoms with Gasteiger partial charge >= 0.3 is 0 Å². The maximum atomic E-state index is 6.87. The lowest BCUT2D eigenvalue weighted by atomic mass is 9.97. The number of rotatable bonds is 3. The van der Waals surface area contributed by atoms with Gasteiger partial charge in [-0.05, 0) is 63.5 Å². The van der Waals surface area contributed by atoms with E-state index in [-0.39, 0.29) is 6.17 Å². The van der Waals surface area contributed by atoms with Crippen molar-refractivity contribution in [2.75, 3.05) is 0 Å². The maximum Gasteiger partial charge on any atom is 0.146 e. The highest BCUT2D eigenvalue weighted by molar-refractivity contribution is 7.27. The Morgan fingerprint density at radius 3 is 2.08 bits per heavy atom. The van der Waals surface area contributed by atoms with Crippen LogP contribution in [0.3, 0.4) is 0 Å². The molecule has 1 aliphatic heterocycles. The van der Waals surface area contributed by atoms with Crippen molar-refractivity contribution in [2.24, 2.45) is 4.99 Å². The molecule has 9 aromatic carbocycles. The minimum absolute atomic E-state index is 0.310. The standard InChI is InChI=1S/C54H31N3OS2/c1-2-14-31(15-3-1)49-53-50(38-20-9-11-24-44(38)60-53)56-54(55-49)39-21-12-22-41-45(39)36-27-26-32(29-42(36)58-41)57-40-28-25-30-13-4-5-16-33(30)47(40)48-35-18-7-6-17-34(35)46-37-19-8-10-23-43(37)59-52(46)51(48)57/h1-29,54-55H. The van der Waals surface area contributed by atoms with Crippen molar-refractivity contribution in [3.05, 3.63) is 197 Å². The average Bonchev–Trinajstić information content (AvgIpc) is 4.08. The molecule has 13 aromatic rings. The normalized spacial score (nSPS) is 14.4. The highest BCUT2D eigenvalue weighted by Crippen LogP contribution is 2.49. The fraction of sp³-hybridized carbons (Fsp3) is 0.0185. The first-order valence-corrected chi connectivity index (χ1v) is 22.0. The van der Waals surface area contributed by atoms with E-state index in [1.165, 1.54) is 78.1 Å². The second-order valence-corrected chi connectivity index (χ2v) is 17.9. The van der Waals surface area contributed by atoms with Crippen molar-refractivity contribution in [1.82, 2.24) is 9.88 Å². The van der Waals surface area contributed by atoms with Gasteiger partial charge in [-0.3, -0.25) is 4.99 Å². The van der Waals surface area contributed by atoms with Gasteiger partial charge in [-0.2, -0.15) is 0 Å². The number of thiophene rings is 2. The number of furan rings is 1. The predicted molar refractivity (Wildman–Crippen MR) is 253 cm³/mol. The number of aromatic nitrogens is 1. The molecule has 0 aliphatic carbocycles. The van der Waals surface area contributed by atoms with Gasteiger partial charge in [-0.25, -0.2) is 0 Å². The fourth-order valence-electron chi connectivity index (χ4n) is 10.1. The van der Waals surface area contributed by atoms with E-state index in [1.807, 2.05) is 11.3 Å². The molecule has 4 nitrogen and oxygen atoms in total. The summed E-state index contributed by atoms with van der Waals surface area (Å²) in [5.74, 6) is 0. The van der Waals surface area contributed by atoms with Gasteiger partial charge in [0.25, 0.3) is 0 Å². The van der Waals surface area contributed by atoms with Gasteiger partial charge in [0.2, 0.25) is 0 Å². The lowest BCUT2D eigenvalue weighted by Crippen LogP contribution is -2.37. The van der Waals surface area contributed by atoms with Gasteiger partial charge in [0, 0.05) is 64.4 Å². The Labute approximate surface area is 350 Å². The van der Waals surface area contributed by atoms with Crippen LogP contribution in [-0.2, 0) is 0 Å². The molecule has 1 atom stereocenters. The van der Waals surface area contributed by atoms with Crippen LogP contribution in [0.1, 0.15) is 17.3 Å². The largest absolute Gasteiger partial charge is 0.456 e. The Hall–Kier alpha value is -7.25. The second kappa shape index (κ2) is 12.1. The average molecular weight is 802 g/mol. The Morgan fingerprint density at radius 1 is 0.517 bits per heavy atom. The zero-order valence-electron chi connectivity index (χ0n) is 31.9. The number of fused-ring (bicyclic) bond motifs is 18. The van der Waals surface area contributed by atoms with Crippen LogP contribution in [0.25, 0.3) is 107 Å². The van der Waals surface area contributed by atoms with E-state index in [9.17, 15) is 0 Å². The summed E-state index contributed by atoms with van der Waals surface area (Å²) >= 11 is 3.69. The highest BCUT2D eigenvalue weighted by Gasteiger charge is 2.26. The van der Waals surface area contributed by atoms with Crippen LogP contribution in [0.15, 0.2) is 185 Å². The Bertz CT molecular complexity index is 4110. The Kier molecular flexibility index (Phi) is 6.62. The third kappa shape index (κ3) is 4.41. The van der Waals surface area contributed by atoms with E-state index in [0.717, 1.165) is 49.8 Å². The topological polar surface area (TPSA) is 42.5 Å². The van der Waals surface area contributed by atoms with Gasteiger partial charge < -0.3 is 14.3 Å². The van der Waals surface area contributed by atoms with Crippen molar-refractivity contribution in [2.45, 2.75) is 6.17 Å². The molecule has 60 heavy (non-hydrogen) atoms. The molecule has 0 saturated heterocycles. The van der Waals surface area contributed by atoms with Crippen molar-refractivity contribution in [1.29, 1.82) is 0 Å². The van der Waals surface area contributed by atoms with Crippen molar-refractivity contribution in [3.8, 4) is 5.69 Å². The molecular weight excluding hydrogens is 771 g/mol. The third-order valence-corrected chi connectivity index (χ3v) is 15.0. The molecule has 4 aromatic heterocycles. The molecule has 0 spiro atoms. The quantitative estimate of drug-likeness (QED) is 0.193. The Balaban J connectivity index is 1.04. The first kappa shape index (κ1) is 32.7. The molecule has 1 N–H and O–H groups in total. The maximum absolute atomic E-state index is 6.87. The number of nitrogens with one attached hydrogen (secondary N) is 1. The second-order valence-electron chi connectivity index (χ2n) is 15.8. The Morgan fingerprint density at radius 2 is 1.23 bits per heavy atom. The van der Waals surface area contributed by atoms with Crippen LogP contribution in [0.5, 0.6) is 0 Å². The number of nitrogens with zero attached hydrogens (tertiary/aromatic N) is 2. The van der Waals surface area contributed by atoms with Crippen molar-refractivity contribution in [3.63, 3.8) is 0 Å². The minimum atomic E-state index is -0.310. The zero-order valence-corrected chi connectivity index (χ0v) is 33.6. The van der Waals surface area contributed by atoms with Crippen LogP contribution < -0.4 is 15.2 Å². The van der Waals surface area contributed by atoms with E-state index >= 15 is 0 Å². The van der Waals surface area contributed by atoms with Crippen LogP contribution in [-0.4, -0.2) is 4.57 Å². The van der Waals surface area contributed by atoms with E-state index < -0.39 is 0 Å². The monoisotopic (exact) mass is 801 g/mol. The summed E-state index contributed by atoms with van der Waals surface area (Å²) in [5.41, 5.74) is 8.55. The van der Waals surface area contributed by atoms with Gasteiger partial charge in [0.15, 0.2) is 0 Å². The highest BCUT2D eigenvalue weighted by atomic mass is 32.1. The van der Waals surface area contributed by atoms with Crippen LogP contribution in [0.4, 0.5) is 0 Å². The van der Waals surface area contributed by atoms with Crippen LogP contribution in [0, 0.1) is 0 Å². The molecular formula is C54H31N3OS2. The lowest BCUT2D eigenvalue weighted by molar-refractivity contribution is 0.640. The van der Waals surface area contributed by atoms with Gasteiger partial charge in [0.05, 0.1) is 31.3 Å². The summed E-state index contributed by atoms with van der Waals surface area (Å²) in [6.07, 6.45) is -0.310. The molecule has 0 bridgehead atoms. The van der Waals surface area contributed by atoms with Gasteiger partial charge in [-0.15, -0.1) is 22.7 Å². The van der Waals surface area contributed by atoms with E-state index in [4.69, 9.17) is 9.41 Å². The van der Waals surface area contributed by atoms with Crippen molar-refractivity contribution < 1.29 is 4.42 Å². The summed E-state index contributed by atoms with van der Waals surface area (Å²) in [4.78, 5) is 5.47. The van der Waals surface area contributed by atoms with Gasteiger partial charge in [0.1, 0.15) is 17.3 Å².